The monoisotopic (exact) mass is 322 g/mol. The Morgan fingerprint density at radius 1 is 0.591 bits per heavy atom. The summed E-state index contributed by atoms with van der Waals surface area (Å²) in [6.07, 6.45) is 0. The third-order valence-electron chi connectivity index (χ3n) is 3.85. The first kappa shape index (κ1) is 15.2. The Labute approximate surface area is 137 Å². The van der Waals surface area contributed by atoms with Crippen molar-refractivity contribution in [3.8, 4) is 0 Å². The zero-order valence-corrected chi connectivity index (χ0v) is 14.6. The van der Waals surface area contributed by atoms with Crippen molar-refractivity contribution in [3.63, 3.8) is 0 Å². The fourth-order valence-corrected chi connectivity index (χ4v) is 6.63. The number of hydrogen-bond donors (Lipinski definition) is 0. The van der Waals surface area contributed by atoms with E-state index in [0.29, 0.717) is 0 Å². The molecule has 2 heteroatoms. The summed E-state index contributed by atoms with van der Waals surface area (Å²) in [6.45, 7) is 4.26. The molecule has 0 saturated heterocycles. The molecular weight excluding hydrogens is 303 g/mol. The van der Waals surface area contributed by atoms with E-state index in [9.17, 15) is 0 Å². The fourth-order valence-electron chi connectivity index (χ4n) is 2.73. The minimum Gasteiger partial charge on any atom is -0.0826 e. The van der Waals surface area contributed by atoms with Crippen molar-refractivity contribution in [3.05, 3.63) is 90.0 Å². The third kappa shape index (κ3) is 2.79. The van der Waals surface area contributed by atoms with Crippen LogP contribution in [-0.2, 0) is 11.8 Å². The van der Waals surface area contributed by atoms with E-state index in [1.54, 1.807) is 0 Å². The van der Waals surface area contributed by atoms with Gasteiger partial charge in [-0.2, -0.15) is 0 Å². The molecule has 0 amide bonds. The Morgan fingerprint density at radius 3 is 1.50 bits per heavy atom. The van der Waals surface area contributed by atoms with Crippen LogP contribution in [0.2, 0.25) is 0 Å². The molecule has 3 aromatic carbocycles. The first-order chi connectivity index (χ1) is 10.6. The Bertz CT molecular complexity index is 788. The lowest BCUT2D eigenvalue weighted by atomic mass is 10.2. The first-order valence-electron chi connectivity index (χ1n) is 7.41. The number of benzene rings is 3. The predicted octanol–water partition coefficient (Wildman–Crippen LogP) is 4.06. The maximum atomic E-state index is 6.33. The van der Waals surface area contributed by atoms with Gasteiger partial charge >= 0.3 is 0 Å². The van der Waals surface area contributed by atoms with Crippen molar-refractivity contribution < 1.29 is 0 Å². The molecule has 0 spiro atoms. The van der Waals surface area contributed by atoms with Gasteiger partial charge in [-0.1, -0.05) is 102 Å². The molecule has 0 aliphatic heterocycles. The molecule has 0 fully saturated rings. The number of rotatable bonds is 3. The van der Waals surface area contributed by atoms with Gasteiger partial charge in [0.25, 0.3) is 0 Å². The summed E-state index contributed by atoms with van der Waals surface area (Å²) in [6, 6.07) is 25.9. The predicted molar refractivity (Wildman–Crippen MR) is 102 cm³/mol. The van der Waals surface area contributed by atoms with Crippen molar-refractivity contribution in [1.29, 1.82) is 0 Å². The highest BCUT2D eigenvalue weighted by Gasteiger charge is 2.24. The van der Waals surface area contributed by atoms with Crippen LogP contribution >= 0.6 is 6.04 Å². The molecule has 0 aliphatic rings. The molecule has 0 saturated carbocycles. The highest BCUT2D eigenvalue weighted by atomic mass is 32.4. The van der Waals surface area contributed by atoms with Crippen LogP contribution in [-0.4, -0.2) is 0 Å². The van der Waals surface area contributed by atoms with Crippen LogP contribution in [0.25, 0.3) is 0 Å². The summed E-state index contributed by atoms with van der Waals surface area (Å²) in [4.78, 5) is 0. The molecule has 3 aromatic rings. The standard InChI is InChI=1S/C20H19PS/c1-16-8-6-12-19(14-16)21(22,18-10-4-3-5-11-18)20-13-7-9-17(2)15-20/h3-15H,1-2H3. The molecule has 22 heavy (non-hydrogen) atoms. The molecule has 110 valence electrons. The molecule has 0 nitrogen and oxygen atoms in total. The van der Waals surface area contributed by atoms with Crippen LogP contribution in [0.3, 0.4) is 0 Å². The van der Waals surface area contributed by atoms with Crippen LogP contribution in [0.5, 0.6) is 0 Å². The van der Waals surface area contributed by atoms with Gasteiger partial charge in [0, 0.05) is 6.04 Å². The van der Waals surface area contributed by atoms with Crippen LogP contribution in [0, 0.1) is 13.8 Å². The van der Waals surface area contributed by atoms with Crippen molar-refractivity contribution >= 4 is 33.8 Å². The smallest absolute Gasteiger partial charge is 0.0379 e. The molecule has 0 aliphatic carbocycles. The Hall–Kier alpha value is -1.69. The highest BCUT2D eigenvalue weighted by molar-refractivity contribution is 8.25. The van der Waals surface area contributed by atoms with E-state index in [-0.39, 0.29) is 0 Å². The highest BCUT2D eigenvalue weighted by Crippen LogP contribution is 2.42. The van der Waals surface area contributed by atoms with Crippen molar-refractivity contribution in [2.75, 3.05) is 0 Å². The molecule has 0 atom stereocenters. The van der Waals surface area contributed by atoms with Crippen LogP contribution in [0.15, 0.2) is 78.9 Å². The van der Waals surface area contributed by atoms with Gasteiger partial charge in [0.2, 0.25) is 0 Å². The minimum atomic E-state index is -2.00. The van der Waals surface area contributed by atoms with E-state index in [1.807, 2.05) is 0 Å². The second-order valence-electron chi connectivity index (χ2n) is 5.62. The SMILES string of the molecule is Cc1cccc(P(=S)(c2ccccc2)c2cccc(C)c2)c1. The zero-order valence-electron chi connectivity index (χ0n) is 12.9. The summed E-state index contributed by atoms with van der Waals surface area (Å²) in [5.41, 5.74) is 2.52. The summed E-state index contributed by atoms with van der Waals surface area (Å²) in [5, 5.41) is 3.78. The van der Waals surface area contributed by atoms with Crippen molar-refractivity contribution in [1.82, 2.24) is 0 Å². The largest absolute Gasteiger partial charge is 0.0826 e. The molecule has 3 rings (SSSR count). The number of aryl methyl sites for hydroxylation is 2. The minimum absolute atomic E-state index is 1.25. The van der Waals surface area contributed by atoms with Gasteiger partial charge in [0.05, 0.1) is 0 Å². The van der Waals surface area contributed by atoms with Crippen LogP contribution in [0.4, 0.5) is 0 Å². The number of hydrogen-bond acceptors (Lipinski definition) is 1. The van der Waals surface area contributed by atoms with Crippen molar-refractivity contribution in [2.24, 2.45) is 0 Å². The van der Waals surface area contributed by atoms with Crippen molar-refractivity contribution in [2.45, 2.75) is 13.8 Å². The quantitative estimate of drug-likeness (QED) is 0.655. The van der Waals surface area contributed by atoms with Crippen LogP contribution < -0.4 is 15.9 Å². The van der Waals surface area contributed by atoms with Gasteiger partial charge in [-0.05, 0) is 29.8 Å². The van der Waals surface area contributed by atoms with E-state index in [4.69, 9.17) is 11.8 Å². The Morgan fingerprint density at radius 2 is 1.05 bits per heavy atom. The molecule has 0 radical (unpaired) electrons. The van der Waals surface area contributed by atoms with Gasteiger partial charge in [-0.15, -0.1) is 0 Å². The van der Waals surface area contributed by atoms with Gasteiger partial charge in [-0.25, -0.2) is 0 Å². The summed E-state index contributed by atoms with van der Waals surface area (Å²) < 4.78 is 0. The lowest BCUT2D eigenvalue weighted by Crippen LogP contribution is -2.25. The first-order valence-corrected chi connectivity index (χ1v) is 10.2. The normalized spacial score (nSPS) is 11.4. The van der Waals surface area contributed by atoms with Gasteiger partial charge in [0.15, 0.2) is 0 Å². The topological polar surface area (TPSA) is 0 Å². The summed E-state index contributed by atoms with van der Waals surface area (Å²) in [7, 11) is 0. The molecular formula is C20H19PS. The maximum Gasteiger partial charge on any atom is 0.0379 e. The maximum absolute atomic E-state index is 6.33. The van der Waals surface area contributed by atoms with E-state index in [0.717, 1.165) is 0 Å². The van der Waals surface area contributed by atoms with E-state index in [1.165, 1.54) is 27.0 Å². The molecule has 0 unspecified atom stereocenters. The summed E-state index contributed by atoms with van der Waals surface area (Å²) in [5.74, 6) is 0. The van der Waals surface area contributed by atoms with Crippen LogP contribution in [0.1, 0.15) is 11.1 Å². The second-order valence-corrected chi connectivity index (χ2v) is 10.0. The second kappa shape index (κ2) is 6.20. The average molecular weight is 322 g/mol. The molecule has 0 aromatic heterocycles. The van der Waals surface area contributed by atoms with E-state index >= 15 is 0 Å². The lowest BCUT2D eigenvalue weighted by Gasteiger charge is -2.24. The zero-order chi connectivity index (χ0) is 15.6. The Balaban J connectivity index is 2.30. The summed E-state index contributed by atoms with van der Waals surface area (Å²) >= 11 is 6.33. The lowest BCUT2D eigenvalue weighted by molar-refractivity contribution is 1.49. The third-order valence-corrected chi connectivity index (χ3v) is 8.78. The van der Waals surface area contributed by atoms with Gasteiger partial charge in [0.1, 0.15) is 0 Å². The van der Waals surface area contributed by atoms with E-state index < -0.39 is 6.04 Å². The fraction of sp³-hybridized carbons (Fsp3) is 0.100. The molecule has 0 N–H and O–H groups in total. The van der Waals surface area contributed by atoms with Gasteiger partial charge < -0.3 is 0 Å². The molecule has 0 bridgehead atoms. The average Bonchev–Trinajstić information content (AvgIpc) is 2.55. The molecule has 0 heterocycles. The van der Waals surface area contributed by atoms with Gasteiger partial charge in [-0.3, -0.25) is 0 Å². The van der Waals surface area contributed by atoms with E-state index in [2.05, 4.69) is 92.7 Å². The Kier molecular flexibility index (Phi) is 4.29.